The maximum atomic E-state index is 12.4. The summed E-state index contributed by atoms with van der Waals surface area (Å²) in [5, 5.41) is 9.68. The van der Waals surface area contributed by atoms with Crippen molar-refractivity contribution in [2.24, 2.45) is 0 Å². The maximum Gasteiger partial charge on any atom is 0.534 e. The Morgan fingerprint density at radius 3 is 2.21 bits per heavy atom. The van der Waals surface area contributed by atoms with Crippen molar-refractivity contribution in [2.75, 3.05) is 0 Å². The van der Waals surface area contributed by atoms with Crippen LogP contribution in [0.3, 0.4) is 0 Å². The number of aliphatic hydroxyl groups excluding tert-OH is 1. The Labute approximate surface area is 136 Å². The number of para-hydroxylation sites is 1. The van der Waals surface area contributed by atoms with Gasteiger partial charge >= 0.3 is 15.6 Å². The van der Waals surface area contributed by atoms with Crippen LogP contribution in [-0.4, -0.2) is 19.0 Å². The van der Waals surface area contributed by atoms with Gasteiger partial charge in [-0.05, 0) is 37.3 Å². The summed E-state index contributed by atoms with van der Waals surface area (Å²) in [6.07, 6.45) is -1.28. The van der Waals surface area contributed by atoms with E-state index < -0.39 is 27.5 Å². The van der Waals surface area contributed by atoms with E-state index in [1.165, 1.54) is 19.1 Å². The molecule has 0 fully saturated rings. The molecule has 0 radical (unpaired) electrons. The molecule has 0 spiro atoms. The minimum absolute atomic E-state index is 0.156. The molecule has 1 N–H and O–H groups in total. The molecule has 2 aromatic carbocycles. The smallest absolute Gasteiger partial charge is 0.457 e. The van der Waals surface area contributed by atoms with Crippen molar-refractivity contribution in [2.45, 2.75) is 18.5 Å². The van der Waals surface area contributed by atoms with Crippen molar-refractivity contribution < 1.29 is 35.6 Å². The lowest BCUT2D eigenvalue weighted by atomic mass is 10.1. The van der Waals surface area contributed by atoms with Crippen LogP contribution in [-0.2, 0) is 10.1 Å². The number of halogens is 3. The van der Waals surface area contributed by atoms with E-state index in [0.717, 1.165) is 6.07 Å². The van der Waals surface area contributed by atoms with Gasteiger partial charge in [0.2, 0.25) is 0 Å². The third-order valence-corrected chi connectivity index (χ3v) is 3.86. The molecule has 0 aromatic heterocycles. The van der Waals surface area contributed by atoms with Crippen LogP contribution in [0.5, 0.6) is 17.2 Å². The average molecular weight is 362 g/mol. The zero-order valence-corrected chi connectivity index (χ0v) is 13.1. The van der Waals surface area contributed by atoms with E-state index in [2.05, 4.69) is 4.18 Å². The van der Waals surface area contributed by atoms with E-state index in [-0.39, 0.29) is 11.3 Å². The van der Waals surface area contributed by atoms with Crippen molar-refractivity contribution in [3.8, 4) is 17.2 Å². The molecule has 2 aromatic rings. The Morgan fingerprint density at radius 2 is 1.67 bits per heavy atom. The average Bonchev–Trinajstić information content (AvgIpc) is 2.48. The first kappa shape index (κ1) is 18.1. The quantitative estimate of drug-likeness (QED) is 0.648. The summed E-state index contributed by atoms with van der Waals surface area (Å²) >= 11 is 0. The molecule has 5 nitrogen and oxygen atoms in total. The third-order valence-electron chi connectivity index (χ3n) is 2.89. The molecule has 0 saturated carbocycles. The Hall–Kier alpha value is -2.26. The van der Waals surface area contributed by atoms with Gasteiger partial charge in [-0.3, -0.25) is 0 Å². The molecule has 0 bridgehead atoms. The Morgan fingerprint density at radius 1 is 1.04 bits per heavy atom. The van der Waals surface area contributed by atoms with Crippen LogP contribution in [0.1, 0.15) is 18.6 Å². The van der Waals surface area contributed by atoms with Crippen LogP contribution >= 0.6 is 0 Å². The lowest BCUT2D eigenvalue weighted by molar-refractivity contribution is -0.0500. The summed E-state index contributed by atoms with van der Waals surface area (Å²) < 4.78 is 69.1. The monoisotopic (exact) mass is 362 g/mol. The van der Waals surface area contributed by atoms with Gasteiger partial charge in [-0.25, -0.2) is 0 Å². The summed E-state index contributed by atoms with van der Waals surface area (Å²) in [5.74, 6) is 0.0437. The number of hydrogen-bond acceptors (Lipinski definition) is 5. The van der Waals surface area contributed by atoms with Gasteiger partial charge in [0.25, 0.3) is 0 Å². The fourth-order valence-electron chi connectivity index (χ4n) is 1.78. The molecular formula is C15H13F3O5S. The van der Waals surface area contributed by atoms with Gasteiger partial charge in [0.15, 0.2) is 0 Å². The molecule has 0 aliphatic carbocycles. The first-order chi connectivity index (χ1) is 11.1. The fourth-order valence-corrected chi connectivity index (χ4v) is 2.27. The second kappa shape index (κ2) is 6.70. The largest absolute Gasteiger partial charge is 0.534 e. The summed E-state index contributed by atoms with van der Waals surface area (Å²) in [6, 6.07) is 12.0. The SMILES string of the molecule is CC(O)c1cc(Oc2ccccc2)ccc1OS(=O)(=O)C(F)(F)F. The highest BCUT2D eigenvalue weighted by Crippen LogP contribution is 2.35. The van der Waals surface area contributed by atoms with Gasteiger partial charge in [0, 0.05) is 5.56 Å². The molecule has 24 heavy (non-hydrogen) atoms. The first-order valence-corrected chi connectivity index (χ1v) is 8.06. The molecule has 0 amide bonds. The molecule has 1 atom stereocenters. The van der Waals surface area contributed by atoms with Gasteiger partial charge in [0.1, 0.15) is 17.2 Å². The minimum atomic E-state index is -5.83. The molecule has 0 saturated heterocycles. The van der Waals surface area contributed by atoms with Gasteiger partial charge in [-0.15, -0.1) is 0 Å². The minimum Gasteiger partial charge on any atom is -0.457 e. The van der Waals surface area contributed by atoms with E-state index in [9.17, 15) is 26.7 Å². The summed E-state index contributed by atoms with van der Waals surface area (Å²) in [6.45, 7) is 1.26. The zero-order chi connectivity index (χ0) is 18.0. The van der Waals surface area contributed by atoms with Gasteiger partial charge < -0.3 is 14.0 Å². The van der Waals surface area contributed by atoms with Crippen LogP contribution < -0.4 is 8.92 Å². The first-order valence-electron chi connectivity index (χ1n) is 6.66. The molecule has 0 aliphatic heterocycles. The lowest BCUT2D eigenvalue weighted by Crippen LogP contribution is -2.28. The van der Waals surface area contributed by atoms with Crippen molar-refractivity contribution in [1.29, 1.82) is 0 Å². The number of ether oxygens (including phenoxy) is 1. The highest BCUT2D eigenvalue weighted by atomic mass is 32.2. The predicted octanol–water partition coefficient (Wildman–Crippen LogP) is 3.76. The molecule has 0 aliphatic rings. The highest BCUT2D eigenvalue weighted by Gasteiger charge is 2.48. The lowest BCUT2D eigenvalue weighted by Gasteiger charge is -2.16. The topological polar surface area (TPSA) is 72.8 Å². The number of rotatable bonds is 5. The van der Waals surface area contributed by atoms with Crippen molar-refractivity contribution in [3.63, 3.8) is 0 Å². The molecular weight excluding hydrogens is 349 g/mol. The molecule has 130 valence electrons. The second-order valence-corrected chi connectivity index (χ2v) is 6.31. The molecule has 2 rings (SSSR count). The predicted molar refractivity (Wildman–Crippen MR) is 79.2 cm³/mol. The standard InChI is InChI=1S/C15H13F3O5S/c1-10(19)13-9-12(22-11-5-3-2-4-6-11)7-8-14(13)23-24(20,21)15(16,17)18/h2-10,19H,1H3. The van der Waals surface area contributed by atoms with Gasteiger partial charge in [-0.1, -0.05) is 18.2 Å². The zero-order valence-electron chi connectivity index (χ0n) is 12.3. The Kier molecular flexibility index (Phi) is 5.05. The van der Waals surface area contributed by atoms with Crippen LogP contribution in [0.15, 0.2) is 48.5 Å². The molecule has 0 heterocycles. The normalized spacial score (nSPS) is 13.4. The van der Waals surface area contributed by atoms with Crippen LogP contribution in [0.4, 0.5) is 13.2 Å². The van der Waals surface area contributed by atoms with Gasteiger partial charge in [-0.2, -0.15) is 21.6 Å². The third kappa shape index (κ3) is 4.18. The van der Waals surface area contributed by atoms with E-state index >= 15 is 0 Å². The van der Waals surface area contributed by atoms with Crippen LogP contribution in [0.2, 0.25) is 0 Å². The van der Waals surface area contributed by atoms with Crippen LogP contribution in [0.25, 0.3) is 0 Å². The number of aliphatic hydroxyl groups is 1. The molecule has 1 unspecified atom stereocenters. The van der Waals surface area contributed by atoms with Crippen molar-refractivity contribution >= 4 is 10.1 Å². The maximum absolute atomic E-state index is 12.4. The highest BCUT2D eigenvalue weighted by molar-refractivity contribution is 7.88. The van der Waals surface area contributed by atoms with Crippen molar-refractivity contribution in [3.05, 3.63) is 54.1 Å². The van der Waals surface area contributed by atoms with E-state index in [1.54, 1.807) is 30.3 Å². The summed E-state index contributed by atoms with van der Waals surface area (Å²) in [5.41, 5.74) is -5.72. The van der Waals surface area contributed by atoms with Gasteiger partial charge in [0.05, 0.1) is 6.10 Å². The Bertz CT molecular complexity index is 802. The van der Waals surface area contributed by atoms with E-state index in [1.807, 2.05) is 0 Å². The Balaban J connectivity index is 2.34. The number of benzene rings is 2. The molecule has 9 heteroatoms. The number of alkyl halides is 3. The second-order valence-electron chi connectivity index (χ2n) is 4.77. The fraction of sp³-hybridized carbons (Fsp3) is 0.200. The summed E-state index contributed by atoms with van der Waals surface area (Å²) in [7, 11) is -5.83. The summed E-state index contributed by atoms with van der Waals surface area (Å²) in [4.78, 5) is 0. The van der Waals surface area contributed by atoms with Crippen LogP contribution in [0, 0.1) is 0 Å². The van der Waals surface area contributed by atoms with E-state index in [0.29, 0.717) is 5.75 Å². The number of hydrogen-bond donors (Lipinski definition) is 1. The van der Waals surface area contributed by atoms with Crippen molar-refractivity contribution in [1.82, 2.24) is 0 Å². The van der Waals surface area contributed by atoms with E-state index in [4.69, 9.17) is 4.74 Å².